The van der Waals surface area contributed by atoms with E-state index in [0.29, 0.717) is 16.9 Å². The molecule has 0 saturated carbocycles. The minimum Gasteiger partial charge on any atom is -0.335 e. The summed E-state index contributed by atoms with van der Waals surface area (Å²) in [6.45, 7) is 2.84. The molecule has 2 atom stereocenters. The number of amides is 3. The second-order valence-electron chi connectivity index (χ2n) is 5.71. The molecule has 0 aromatic carbocycles. The molecule has 2 unspecified atom stereocenters. The maximum Gasteiger partial charge on any atom is 0.325 e. The zero-order valence-electron chi connectivity index (χ0n) is 13.7. The molecular weight excluding hydrogens is 328 g/mol. The van der Waals surface area contributed by atoms with E-state index in [4.69, 9.17) is 0 Å². The van der Waals surface area contributed by atoms with Crippen LogP contribution in [0.3, 0.4) is 0 Å². The van der Waals surface area contributed by atoms with Crippen molar-refractivity contribution in [3.05, 3.63) is 18.5 Å². The fourth-order valence-corrected chi connectivity index (χ4v) is 3.65. The zero-order valence-corrected chi connectivity index (χ0v) is 14.5. The number of carbonyl (C=O) groups excluding carboxylic acids is 2. The summed E-state index contributed by atoms with van der Waals surface area (Å²) in [7, 11) is 1.65. The highest BCUT2D eigenvalue weighted by atomic mass is 32.2. The molecule has 1 aromatic heterocycles. The largest absolute Gasteiger partial charge is 0.335 e. The molecule has 3 amide bonds. The molecule has 2 aliphatic heterocycles. The van der Waals surface area contributed by atoms with Gasteiger partial charge in [-0.2, -0.15) is 0 Å². The summed E-state index contributed by atoms with van der Waals surface area (Å²) in [5, 5.41) is 3.66. The van der Waals surface area contributed by atoms with Gasteiger partial charge in [0, 0.05) is 26.0 Å². The van der Waals surface area contributed by atoms with Crippen molar-refractivity contribution in [1.82, 2.24) is 25.1 Å². The van der Waals surface area contributed by atoms with E-state index in [1.165, 1.54) is 16.7 Å². The van der Waals surface area contributed by atoms with Crippen LogP contribution in [0.2, 0.25) is 0 Å². The molecule has 0 radical (unpaired) electrons. The lowest BCUT2D eigenvalue weighted by molar-refractivity contribution is -0.127. The van der Waals surface area contributed by atoms with Crippen molar-refractivity contribution in [3.63, 3.8) is 0 Å². The monoisotopic (exact) mass is 348 g/mol. The standard InChI is InChI=1S/C15H20N6O2S/c1-3-4-5-9-21-10-11(20(2)14(23)19-12(10)22)18-15(21)24-13-16-7-6-8-17-13/h6-8,10-11H,3-5,9H2,1-2H3,(H,19,22,23). The van der Waals surface area contributed by atoms with Gasteiger partial charge in [0.1, 0.15) is 0 Å². The lowest BCUT2D eigenvalue weighted by Gasteiger charge is -2.36. The van der Waals surface area contributed by atoms with Gasteiger partial charge in [-0.3, -0.25) is 10.1 Å². The van der Waals surface area contributed by atoms with Crippen LogP contribution in [0.1, 0.15) is 26.2 Å². The SMILES string of the molecule is CCCCCN1C(Sc2ncccn2)=NC2C1C(=O)NC(=O)N2C. The number of likely N-dealkylation sites (N-methyl/N-ethyl adjacent to an activating group) is 1. The highest BCUT2D eigenvalue weighted by molar-refractivity contribution is 8.13. The summed E-state index contributed by atoms with van der Waals surface area (Å²) in [6.07, 6.45) is 5.96. The van der Waals surface area contributed by atoms with Crippen LogP contribution in [0.5, 0.6) is 0 Å². The number of carbonyl (C=O) groups is 2. The van der Waals surface area contributed by atoms with Gasteiger partial charge in [-0.15, -0.1) is 0 Å². The molecule has 9 heteroatoms. The third-order valence-corrected chi connectivity index (χ3v) is 4.97. The van der Waals surface area contributed by atoms with Gasteiger partial charge in [-0.25, -0.2) is 19.8 Å². The second kappa shape index (κ2) is 7.16. The molecule has 1 aromatic rings. The Morgan fingerprint density at radius 1 is 1.25 bits per heavy atom. The Morgan fingerprint density at radius 3 is 2.71 bits per heavy atom. The molecular formula is C15H20N6O2S. The topological polar surface area (TPSA) is 90.8 Å². The molecule has 128 valence electrons. The fourth-order valence-electron chi connectivity index (χ4n) is 2.77. The van der Waals surface area contributed by atoms with Crippen molar-refractivity contribution in [2.45, 2.75) is 43.6 Å². The number of hydrogen-bond donors (Lipinski definition) is 1. The maximum atomic E-state index is 12.4. The highest BCUT2D eigenvalue weighted by Gasteiger charge is 2.48. The number of imide groups is 1. The van der Waals surface area contributed by atoms with E-state index in [1.54, 1.807) is 25.5 Å². The molecule has 3 rings (SSSR count). The fraction of sp³-hybridized carbons (Fsp3) is 0.533. The molecule has 1 saturated heterocycles. The summed E-state index contributed by atoms with van der Waals surface area (Å²) >= 11 is 1.32. The van der Waals surface area contributed by atoms with Gasteiger partial charge in [0.2, 0.25) is 0 Å². The van der Waals surface area contributed by atoms with Crippen molar-refractivity contribution in [1.29, 1.82) is 0 Å². The van der Waals surface area contributed by atoms with Crippen LogP contribution in [0.25, 0.3) is 0 Å². The summed E-state index contributed by atoms with van der Waals surface area (Å²) in [5.41, 5.74) is 0. The number of unbranched alkanes of at least 4 members (excludes halogenated alkanes) is 2. The van der Waals surface area contributed by atoms with Gasteiger partial charge < -0.3 is 9.80 Å². The molecule has 0 bridgehead atoms. The maximum absolute atomic E-state index is 12.4. The zero-order chi connectivity index (χ0) is 17.1. The number of amidine groups is 1. The Morgan fingerprint density at radius 2 is 2.00 bits per heavy atom. The van der Waals surface area contributed by atoms with Crippen LogP contribution in [0.4, 0.5) is 4.79 Å². The third kappa shape index (κ3) is 3.21. The predicted octanol–water partition coefficient (Wildman–Crippen LogP) is 1.31. The van der Waals surface area contributed by atoms with Gasteiger partial charge in [0.15, 0.2) is 22.5 Å². The Balaban J connectivity index is 1.85. The first-order valence-electron chi connectivity index (χ1n) is 7.98. The number of urea groups is 1. The van der Waals surface area contributed by atoms with E-state index >= 15 is 0 Å². The lowest BCUT2D eigenvalue weighted by atomic mass is 10.1. The summed E-state index contributed by atoms with van der Waals surface area (Å²) in [6, 6.07) is 0.843. The summed E-state index contributed by atoms with van der Waals surface area (Å²) in [4.78, 5) is 40.7. The minimum atomic E-state index is -0.501. The van der Waals surface area contributed by atoms with E-state index in [9.17, 15) is 9.59 Å². The van der Waals surface area contributed by atoms with Crippen LogP contribution in [-0.4, -0.2) is 62.7 Å². The van der Waals surface area contributed by atoms with Crippen molar-refractivity contribution < 1.29 is 9.59 Å². The normalized spacial score (nSPS) is 23.2. The molecule has 3 heterocycles. The molecule has 1 fully saturated rings. The first kappa shape index (κ1) is 16.7. The van der Waals surface area contributed by atoms with Gasteiger partial charge in [-0.05, 0) is 24.2 Å². The Hall–Kier alpha value is -2.16. The number of fused-ring (bicyclic) bond motifs is 1. The van der Waals surface area contributed by atoms with Crippen molar-refractivity contribution in [3.8, 4) is 0 Å². The predicted molar refractivity (Wildman–Crippen MR) is 90.4 cm³/mol. The van der Waals surface area contributed by atoms with Crippen LogP contribution < -0.4 is 5.32 Å². The first-order valence-corrected chi connectivity index (χ1v) is 8.80. The van der Waals surface area contributed by atoms with E-state index in [-0.39, 0.29) is 5.91 Å². The van der Waals surface area contributed by atoms with Crippen LogP contribution in [0.15, 0.2) is 28.6 Å². The van der Waals surface area contributed by atoms with Crippen molar-refractivity contribution in [2.75, 3.05) is 13.6 Å². The minimum absolute atomic E-state index is 0.298. The number of hydrogen-bond acceptors (Lipinski definition) is 7. The second-order valence-corrected chi connectivity index (χ2v) is 6.64. The number of aromatic nitrogens is 2. The number of nitrogens with one attached hydrogen (secondary N) is 1. The number of rotatable bonds is 5. The van der Waals surface area contributed by atoms with E-state index in [1.807, 2.05) is 4.90 Å². The molecule has 2 aliphatic rings. The van der Waals surface area contributed by atoms with Crippen LogP contribution in [0, 0.1) is 0 Å². The Labute approximate surface area is 144 Å². The quantitative estimate of drug-likeness (QED) is 0.637. The van der Waals surface area contributed by atoms with E-state index in [2.05, 4.69) is 27.2 Å². The van der Waals surface area contributed by atoms with Crippen molar-refractivity contribution in [2.24, 2.45) is 4.99 Å². The van der Waals surface area contributed by atoms with Gasteiger partial charge in [-0.1, -0.05) is 19.8 Å². The third-order valence-electron chi connectivity index (χ3n) is 4.05. The summed E-state index contributed by atoms with van der Waals surface area (Å²) in [5.74, 6) is -0.298. The van der Waals surface area contributed by atoms with E-state index < -0.39 is 18.2 Å². The van der Waals surface area contributed by atoms with Crippen LogP contribution in [-0.2, 0) is 4.79 Å². The first-order chi connectivity index (χ1) is 11.6. The number of nitrogens with zero attached hydrogens (tertiary/aromatic N) is 5. The average Bonchev–Trinajstić information content (AvgIpc) is 2.93. The lowest BCUT2D eigenvalue weighted by Crippen LogP contribution is -2.63. The van der Waals surface area contributed by atoms with Gasteiger partial charge in [0.05, 0.1) is 0 Å². The Bertz CT molecular complexity index is 653. The molecule has 1 N–H and O–H groups in total. The molecule has 8 nitrogen and oxygen atoms in total. The number of aliphatic imine (C=N–C) groups is 1. The Kier molecular flexibility index (Phi) is 4.98. The van der Waals surface area contributed by atoms with Crippen LogP contribution >= 0.6 is 11.8 Å². The summed E-state index contributed by atoms with van der Waals surface area (Å²) < 4.78 is 0. The number of thioether (sulfide) groups is 1. The highest BCUT2D eigenvalue weighted by Crippen LogP contribution is 2.30. The van der Waals surface area contributed by atoms with E-state index in [0.717, 1.165) is 19.3 Å². The molecule has 24 heavy (non-hydrogen) atoms. The molecule has 0 aliphatic carbocycles. The average molecular weight is 348 g/mol. The molecule has 0 spiro atoms. The van der Waals surface area contributed by atoms with Crippen molar-refractivity contribution >= 4 is 28.9 Å². The van der Waals surface area contributed by atoms with Gasteiger partial charge in [0.25, 0.3) is 5.91 Å². The van der Waals surface area contributed by atoms with Gasteiger partial charge >= 0.3 is 6.03 Å². The smallest absolute Gasteiger partial charge is 0.325 e.